The molecule has 3 aromatic rings. The van der Waals surface area contributed by atoms with Gasteiger partial charge in [-0.2, -0.15) is 9.61 Å². The molecule has 0 bridgehead atoms. The summed E-state index contributed by atoms with van der Waals surface area (Å²) in [6.07, 6.45) is 2.83. The molecule has 30 heavy (non-hydrogen) atoms. The minimum Gasteiger partial charge on any atom is -0.396 e. The number of nitrogens with zero attached hydrogens (tertiary/aromatic N) is 3. The van der Waals surface area contributed by atoms with Gasteiger partial charge in [0.2, 0.25) is 0 Å². The van der Waals surface area contributed by atoms with Gasteiger partial charge in [-0.1, -0.05) is 43.6 Å². The van der Waals surface area contributed by atoms with Crippen LogP contribution in [0.4, 0.5) is 11.6 Å². The smallest absolute Gasteiger partial charge is 0.163 e. The number of hydrogen-bond donors (Lipinski definition) is 4. The van der Waals surface area contributed by atoms with Crippen molar-refractivity contribution in [1.82, 2.24) is 19.9 Å². The molecule has 0 aliphatic carbocycles. The molecule has 0 radical (unpaired) electrons. The number of fused-ring (bicyclic) bond motifs is 1. The lowest BCUT2D eigenvalue weighted by Gasteiger charge is -2.26. The van der Waals surface area contributed by atoms with Crippen LogP contribution >= 0.6 is 11.6 Å². The molecule has 8 heteroatoms. The Morgan fingerprint density at radius 3 is 2.83 bits per heavy atom. The van der Waals surface area contributed by atoms with Crippen molar-refractivity contribution in [3.05, 3.63) is 52.7 Å². The maximum absolute atomic E-state index is 9.90. The number of anilines is 2. The highest BCUT2D eigenvalue weighted by Gasteiger charge is 2.33. The van der Waals surface area contributed by atoms with E-state index in [1.165, 1.54) is 0 Å². The Kier molecular flexibility index (Phi) is 6.13. The number of benzene rings is 1. The van der Waals surface area contributed by atoms with Gasteiger partial charge in [-0.05, 0) is 30.5 Å². The van der Waals surface area contributed by atoms with Gasteiger partial charge in [-0.3, -0.25) is 0 Å². The maximum Gasteiger partial charge on any atom is 0.163 e. The van der Waals surface area contributed by atoms with E-state index in [2.05, 4.69) is 34.9 Å². The summed E-state index contributed by atoms with van der Waals surface area (Å²) in [5.74, 6) is 1.92. The zero-order chi connectivity index (χ0) is 21.1. The number of rotatable bonds is 8. The summed E-state index contributed by atoms with van der Waals surface area (Å²) in [5, 5.41) is 25.5. The van der Waals surface area contributed by atoms with Crippen LogP contribution in [0.1, 0.15) is 37.3 Å². The van der Waals surface area contributed by atoms with E-state index < -0.39 is 0 Å². The summed E-state index contributed by atoms with van der Waals surface area (Å²) >= 11 is 6.32. The molecule has 3 heterocycles. The second-order valence-electron chi connectivity index (χ2n) is 8.40. The van der Waals surface area contributed by atoms with Crippen LogP contribution in [0.25, 0.3) is 5.65 Å². The molecule has 1 saturated heterocycles. The van der Waals surface area contributed by atoms with Crippen molar-refractivity contribution < 1.29 is 5.11 Å². The number of halogens is 1. The van der Waals surface area contributed by atoms with E-state index in [1.807, 2.05) is 41.0 Å². The SMILES string of the molecule is CC(C)c1cnn2c(NCc3ccccc3Cl)cc(NC[C@@]3(CO)CCNC3)nc12. The van der Waals surface area contributed by atoms with E-state index >= 15 is 0 Å². The van der Waals surface area contributed by atoms with Crippen molar-refractivity contribution >= 4 is 28.9 Å². The van der Waals surface area contributed by atoms with Crippen LogP contribution in [0, 0.1) is 5.41 Å². The fraction of sp³-hybridized carbons (Fsp3) is 0.455. The molecule has 0 unspecified atom stereocenters. The average Bonchev–Trinajstić information content (AvgIpc) is 3.39. The predicted octanol–water partition coefficient (Wildman–Crippen LogP) is 3.50. The van der Waals surface area contributed by atoms with Crippen molar-refractivity contribution in [1.29, 1.82) is 0 Å². The van der Waals surface area contributed by atoms with Gasteiger partial charge in [0.1, 0.15) is 11.6 Å². The lowest BCUT2D eigenvalue weighted by molar-refractivity contribution is 0.154. The Morgan fingerprint density at radius 1 is 1.30 bits per heavy atom. The molecule has 1 fully saturated rings. The van der Waals surface area contributed by atoms with E-state index in [0.29, 0.717) is 19.0 Å². The van der Waals surface area contributed by atoms with Gasteiger partial charge in [-0.25, -0.2) is 4.98 Å². The standard InChI is InChI=1S/C22H29ClN6O/c1-15(2)17-11-27-29-20(25-10-16-5-3-4-6-18(16)23)9-19(28-21(17)29)26-13-22(14-30)7-8-24-12-22/h3-6,9,11,15,24-25,30H,7-8,10,12-14H2,1-2H3,(H,26,28)/t22-/m1/s1. The van der Waals surface area contributed by atoms with E-state index in [9.17, 15) is 5.11 Å². The molecule has 0 amide bonds. The Morgan fingerprint density at radius 2 is 2.13 bits per heavy atom. The zero-order valence-corrected chi connectivity index (χ0v) is 18.2. The lowest BCUT2D eigenvalue weighted by atomic mass is 9.88. The molecule has 1 aliphatic rings. The third kappa shape index (κ3) is 4.24. The molecule has 160 valence electrons. The van der Waals surface area contributed by atoms with Crippen LogP contribution in [-0.2, 0) is 6.54 Å². The monoisotopic (exact) mass is 428 g/mol. The van der Waals surface area contributed by atoms with Gasteiger partial charge in [-0.15, -0.1) is 0 Å². The third-order valence-corrected chi connectivity index (χ3v) is 6.22. The van der Waals surface area contributed by atoms with Crippen molar-refractivity contribution in [3.8, 4) is 0 Å². The van der Waals surface area contributed by atoms with Crippen LogP contribution in [0.3, 0.4) is 0 Å². The molecule has 1 aromatic carbocycles. The second-order valence-corrected chi connectivity index (χ2v) is 8.81. The van der Waals surface area contributed by atoms with E-state index in [0.717, 1.165) is 52.9 Å². The van der Waals surface area contributed by atoms with Gasteiger partial charge in [0.25, 0.3) is 0 Å². The van der Waals surface area contributed by atoms with Crippen molar-refractivity contribution in [3.63, 3.8) is 0 Å². The molecule has 1 aliphatic heterocycles. The number of aliphatic hydroxyl groups is 1. The van der Waals surface area contributed by atoms with Crippen LogP contribution in [-0.4, -0.2) is 45.9 Å². The summed E-state index contributed by atoms with van der Waals surface area (Å²) in [5.41, 5.74) is 2.80. The molecule has 4 N–H and O–H groups in total. The summed E-state index contributed by atoms with van der Waals surface area (Å²) in [4.78, 5) is 4.84. The van der Waals surface area contributed by atoms with Gasteiger partial charge < -0.3 is 21.1 Å². The number of nitrogens with one attached hydrogen (secondary N) is 3. The first-order valence-electron chi connectivity index (χ1n) is 10.4. The maximum atomic E-state index is 9.90. The quantitative estimate of drug-likeness (QED) is 0.439. The highest BCUT2D eigenvalue weighted by molar-refractivity contribution is 6.31. The topological polar surface area (TPSA) is 86.5 Å². The first kappa shape index (κ1) is 20.9. The molecular weight excluding hydrogens is 400 g/mol. The molecule has 1 atom stereocenters. The Balaban J connectivity index is 1.63. The van der Waals surface area contributed by atoms with Crippen LogP contribution in [0.15, 0.2) is 36.5 Å². The zero-order valence-electron chi connectivity index (χ0n) is 17.5. The molecule has 4 rings (SSSR count). The first-order valence-corrected chi connectivity index (χ1v) is 10.8. The minimum atomic E-state index is -0.153. The molecule has 7 nitrogen and oxygen atoms in total. The lowest BCUT2D eigenvalue weighted by Crippen LogP contribution is -2.35. The van der Waals surface area contributed by atoms with E-state index in [-0.39, 0.29) is 12.0 Å². The highest BCUT2D eigenvalue weighted by atomic mass is 35.5. The van der Waals surface area contributed by atoms with Crippen molar-refractivity contribution in [2.75, 3.05) is 36.9 Å². The molecule has 0 saturated carbocycles. The summed E-state index contributed by atoms with van der Waals surface area (Å²) in [6, 6.07) is 9.77. The third-order valence-electron chi connectivity index (χ3n) is 5.85. The summed E-state index contributed by atoms with van der Waals surface area (Å²) in [6.45, 7) is 7.41. The Hall–Kier alpha value is -2.35. The fourth-order valence-electron chi connectivity index (χ4n) is 3.85. The van der Waals surface area contributed by atoms with Gasteiger partial charge >= 0.3 is 0 Å². The highest BCUT2D eigenvalue weighted by Crippen LogP contribution is 2.28. The van der Waals surface area contributed by atoms with Gasteiger partial charge in [0.15, 0.2) is 5.65 Å². The van der Waals surface area contributed by atoms with E-state index in [4.69, 9.17) is 16.6 Å². The Labute approximate surface area is 181 Å². The molecule has 0 spiro atoms. The largest absolute Gasteiger partial charge is 0.396 e. The fourth-order valence-corrected chi connectivity index (χ4v) is 4.05. The average molecular weight is 429 g/mol. The van der Waals surface area contributed by atoms with Crippen molar-refractivity contribution in [2.24, 2.45) is 5.41 Å². The number of aliphatic hydroxyl groups excluding tert-OH is 1. The van der Waals surface area contributed by atoms with Gasteiger partial charge in [0.05, 0.1) is 12.8 Å². The summed E-state index contributed by atoms with van der Waals surface area (Å²) in [7, 11) is 0. The number of aromatic nitrogens is 3. The van der Waals surface area contributed by atoms with Crippen LogP contribution < -0.4 is 16.0 Å². The number of hydrogen-bond acceptors (Lipinski definition) is 6. The van der Waals surface area contributed by atoms with Gasteiger partial charge in [0, 0.05) is 41.7 Å². The second kappa shape index (κ2) is 8.79. The van der Waals surface area contributed by atoms with E-state index in [1.54, 1.807) is 0 Å². The minimum absolute atomic E-state index is 0.150. The van der Waals surface area contributed by atoms with Crippen LogP contribution in [0.2, 0.25) is 5.02 Å². The molecule has 2 aromatic heterocycles. The Bertz CT molecular complexity index is 1010. The van der Waals surface area contributed by atoms with Crippen molar-refractivity contribution in [2.45, 2.75) is 32.7 Å². The first-order chi connectivity index (χ1) is 14.5. The van der Waals surface area contributed by atoms with Crippen LogP contribution in [0.5, 0.6) is 0 Å². The predicted molar refractivity (Wildman–Crippen MR) is 121 cm³/mol. The summed E-state index contributed by atoms with van der Waals surface area (Å²) < 4.78 is 1.84. The normalized spacial score (nSPS) is 19.0. The molecular formula is C22H29ClN6O.